The highest BCUT2D eigenvalue weighted by Gasteiger charge is 2.22. The van der Waals surface area contributed by atoms with Gasteiger partial charge in [0.2, 0.25) is 5.91 Å². The number of benzene rings is 4. The number of nitrogens with zero attached hydrogens (tertiary/aromatic N) is 1. The van der Waals surface area contributed by atoms with Gasteiger partial charge in [0.15, 0.2) is 28.1 Å². The van der Waals surface area contributed by atoms with Crippen LogP contribution in [0, 0.1) is 0 Å². The van der Waals surface area contributed by atoms with E-state index in [1.54, 1.807) is 80.9 Å². The third-order valence-electron chi connectivity index (χ3n) is 8.01. The van der Waals surface area contributed by atoms with Gasteiger partial charge in [0, 0.05) is 38.7 Å². The number of anilines is 2. The minimum atomic E-state index is -0.586. The van der Waals surface area contributed by atoms with Crippen LogP contribution in [0.2, 0.25) is 0 Å². The van der Waals surface area contributed by atoms with Crippen LogP contribution in [0.5, 0.6) is 28.7 Å². The smallest absolute Gasteiger partial charge is 0.272 e. The van der Waals surface area contributed by atoms with Crippen molar-refractivity contribution in [3.05, 3.63) is 107 Å². The molecule has 4 aromatic carbocycles. The lowest BCUT2D eigenvalue weighted by atomic mass is 10.1. The second-order valence-electron chi connectivity index (χ2n) is 11.4. The van der Waals surface area contributed by atoms with Crippen LogP contribution in [-0.2, 0) is 9.59 Å². The fourth-order valence-corrected chi connectivity index (χ4v) is 6.98. The number of methoxy groups -OCH3 is 5. The number of amides is 3. The number of rotatable bonds is 16. The molecule has 1 aromatic heterocycles. The largest absolute Gasteiger partial charge is 0.496 e. The fourth-order valence-electron chi connectivity index (χ4n) is 5.24. The molecule has 1 heterocycles. The number of hydrogen-bond acceptors (Lipinski definition) is 11. The van der Waals surface area contributed by atoms with Crippen molar-refractivity contribution < 1.29 is 38.1 Å². The zero-order valence-electron chi connectivity index (χ0n) is 30.6. The van der Waals surface area contributed by atoms with Gasteiger partial charge in [-0.15, -0.1) is 23.1 Å². The molecule has 0 radical (unpaired) electrons. The van der Waals surface area contributed by atoms with E-state index in [0.29, 0.717) is 62.8 Å². The monoisotopic (exact) mass is 768 g/mol. The van der Waals surface area contributed by atoms with Crippen molar-refractivity contribution in [2.45, 2.75) is 23.5 Å². The van der Waals surface area contributed by atoms with Gasteiger partial charge in [-0.3, -0.25) is 14.4 Å². The summed E-state index contributed by atoms with van der Waals surface area (Å²) in [4.78, 5) is 45.9. The van der Waals surface area contributed by atoms with Gasteiger partial charge in [-0.2, -0.15) is 0 Å². The molecule has 14 heteroatoms. The normalized spacial score (nSPS) is 11.6. The van der Waals surface area contributed by atoms with E-state index in [0.717, 1.165) is 10.5 Å². The Balaban J connectivity index is 1.33. The Morgan fingerprint density at radius 1 is 0.759 bits per heavy atom. The summed E-state index contributed by atoms with van der Waals surface area (Å²) in [5.41, 5.74) is 2.76. The van der Waals surface area contributed by atoms with Gasteiger partial charge < -0.3 is 39.6 Å². The van der Waals surface area contributed by atoms with Crippen molar-refractivity contribution in [3.63, 3.8) is 0 Å². The standard InChI is InChI=1S/C40H40N4O8S2/c1-7-36(39(47)44-40-43-30(23-53-40)25-16-17-31(48-2)33(19-25)50-4)54-28-15-11-14-27(21-28)41-38(46)29(42-37(45)24-12-9-8-10-13-24)18-26-20-34(51-5)35(52-6)22-32(26)49-3/h8-23,36H,7H2,1-6H3,(H,41,46)(H,42,45)(H,43,44,47)/b29-18+. The molecule has 12 nitrogen and oxygen atoms in total. The molecule has 1 unspecified atom stereocenters. The van der Waals surface area contributed by atoms with Gasteiger partial charge in [-0.25, -0.2) is 4.98 Å². The van der Waals surface area contributed by atoms with Gasteiger partial charge in [0.1, 0.15) is 11.4 Å². The van der Waals surface area contributed by atoms with Gasteiger partial charge in [-0.1, -0.05) is 31.2 Å². The van der Waals surface area contributed by atoms with Crippen molar-refractivity contribution in [2.24, 2.45) is 0 Å². The van der Waals surface area contributed by atoms with Crippen LogP contribution in [0.3, 0.4) is 0 Å². The lowest BCUT2D eigenvalue weighted by Crippen LogP contribution is -2.30. The first-order valence-electron chi connectivity index (χ1n) is 16.6. The van der Waals surface area contributed by atoms with Crippen molar-refractivity contribution >= 4 is 57.7 Å². The molecule has 0 aliphatic carbocycles. The maximum atomic E-state index is 13.9. The third kappa shape index (κ3) is 9.70. The maximum absolute atomic E-state index is 13.9. The molecule has 280 valence electrons. The summed E-state index contributed by atoms with van der Waals surface area (Å²) < 4.78 is 27.2. The molecular weight excluding hydrogens is 729 g/mol. The first kappa shape index (κ1) is 39.2. The average molecular weight is 769 g/mol. The summed E-state index contributed by atoms with van der Waals surface area (Å²) in [6.45, 7) is 1.93. The lowest BCUT2D eigenvalue weighted by Gasteiger charge is -2.16. The highest BCUT2D eigenvalue weighted by molar-refractivity contribution is 8.00. The number of aromatic nitrogens is 1. The highest BCUT2D eigenvalue weighted by Crippen LogP contribution is 2.37. The van der Waals surface area contributed by atoms with Crippen molar-refractivity contribution in [1.29, 1.82) is 0 Å². The molecule has 0 aliphatic rings. The molecule has 0 spiro atoms. The molecule has 0 saturated heterocycles. The second kappa shape index (κ2) is 18.7. The van der Waals surface area contributed by atoms with Gasteiger partial charge in [0.05, 0.1) is 46.5 Å². The molecular formula is C40H40N4O8S2. The molecule has 5 rings (SSSR count). The predicted molar refractivity (Wildman–Crippen MR) is 212 cm³/mol. The summed E-state index contributed by atoms with van der Waals surface area (Å²) in [5.74, 6) is 1.16. The number of thioether (sulfide) groups is 1. The molecule has 1 atom stereocenters. The first-order valence-corrected chi connectivity index (χ1v) is 18.4. The number of hydrogen-bond donors (Lipinski definition) is 3. The van der Waals surface area contributed by atoms with Gasteiger partial charge >= 0.3 is 0 Å². The summed E-state index contributed by atoms with van der Waals surface area (Å²) in [6.07, 6.45) is 2.04. The summed E-state index contributed by atoms with van der Waals surface area (Å²) >= 11 is 2.68. The zero-order chi connectivity index (χ0) is 38.6. The van der Waals surface area contributed by atoms with E-state index in [1.807, 2.05) is 30.5 Å². The number of ether oxygens (including phenoxy) is 5. The molecule has 0 bridgehead atoms. The van der Waals surface area contributed by atoms with Gasteiger partial charge in [0.25, 0.3) is 11.8 Å². The second-order valence-corrected chi connectivity index (χ2v) is 13.6. The van der Waals surface area contributed by atoms with Crippen LogP contribution in [0.15, 0.2) is 101 Å². The van der Waals surface area contributed by atoms with E-state index >= 15 is 0 Å². The topological polar surface area (TPSA) is 146 Å². The zero-order valence-corrected chi connectivity index (χ0v) is 32.2. The minimum Gasteiger partial charge on any atom is -0.496 e. The molecule has 54 heavy (non-hydrogen) atoms. The van der Waals surface area contributed by atoms with Crippen LogP contribution >= 0.6 is 23.1 Å². The molecule has 0 fully saturated rings. The Morgan fingerprint density at radius 2 is 1.44 bits per heavy atom. The fraction of sp³-hybridized carbons (Fsp3) is 0.200. The van der Waals surface area contributed by atoms with Crippen molar-refractivity contribution in [1.82, 2.24) is 10.3 Å². The Bertz CT molecular complexity index is 2140. The van der Waals surface area contributed by atoms with Crippen LogP contribution < -0.4 is 39.6 Å². The SMILES string of the molecule is CCC(Sc1cccc(NC(=O)/C(=C\c2cc(OC)c(OC)cc2OC)NC(=O)c2ccccc2)c1)C(=O)Nc1nc(-c2ccc(OC)c(OC)c2)cs1. The van der Waals surface area contributed by atoms with Crippen LogP contribution in [0.1, 0.15) is 29.3 Å². The number of nitrogens with one attached hydrogen (secondary N) is 3. The molecule has 3 N–H and O–H groups in total. The van der Waals surface area contributed by atoms with E-state index in [1.165, 1.54) is 50.5 Å². The quantitative estimate of drug-likeness (QED) is 0.0672. The van der Waals surface area contributed by atoms with E-state index < -0.39 is 17.1 Å². The molecule has 0 saturated carbocycles. The summed E-state index contributed by atoms with van der Waals surface area (Å²) in [6, 6.07) is 24.5. The lowest BCUT2D eigenvalue weighted by molar-refractivity contribution is -0.116. The van der Waals surface area contributed by atoms with E-state index in [2.05, 4.69) is 20.9 Å². The molecule has 5 aromatic rings. The number of carbonyl (C=O) groups excluding carboxylic acids is 3. The van der Waals surface area contributed by atoms with E-state index in [-0.39, 0.29) is 11.6 Å². The van der Waals surface area contributed by atoms with Crippen LogP contribution in [-0.4, -0.2) is 63.5 Å². The maximum Gasteiger partial charge on any atom is 0.272 e. The summed E-state index contributed by atoms with van der Waals surface area (Å²) in [5, 5.41) is 10.4. The van der Waals surface area contributed by atoms with Gasteiger partial charge in [-0.05, 0) is 67.1 Å². The Kier molecular flexibility index (Phi) is 13.6. The predicted octanol–water partition coefficient (Wildman–Crippen LogP) is 7.77. The first-order chi connectivity index (χ1) is 26.2. The Hall–Kier alpha value is -5.99. The van der Waals surface area contributed by atoms with Crippen LogP contribution in [0.4, 0.5) is 10.8 Å². The Morgan fingerprint density at radius 3 is 2.13 bits per heavy atom. The number of carbonyl (C=O) groups is 3. The minimum absolute atomic E-state index is 0.0471. The van der Waals surface area contributed by atoms with Crippen molar-refractivity contribution in [2.75, 3.05) is 46.2 Å². The van der Waals surface area contributed by atoms with Crippen LogP contribution in [0.25, 0.3) is 17.3 Å². The Labute approximate surface area is 321 Å². The summed E-state index contributed by atoms with van der Waals surface area (Å²) in [7, 11) is 7.64. The third-order valence-corrected chi connectivity index (χ3v) is 10.1. The van der Waals surface area contributed by atoms with E-state index in [9.17, 15) is 14.4 Å². The molecule has 3 amide bonds. The number of thiazole rings is 1. The highest BCUT2D eigenvalue weighted by atomic mass is 32.2. The van der Waals surface area contributed by atoms with Crippen molar-refractivity contribution in [3.8, 4) is 40.0 Å². The average Bonchev–Trinajstić information content (AvgIpc) is 3.67. The molecule has 0 aliphatic heterocycles. The van der Waals surface area contributed by atoms with E-state index in [4.69, 9.17) is 23.7 Å².